The molecule has 0 aliphatic heterocycles. The summed E-state index contributed by atoms with van der Waals surface area (Å²) >= 11 is 5.95. The van der Waals surface area contributed by atoms with Gasteiger partial charge in [-0.05, 0) is 79.9 Å². The zero-order valence-corrected chi connectivity index (χ0v) is 18.6. The van der Waals surface area contributed by atoms with Gasteiger partial charge in [-0.25, -0.2) is 9.52 Å². The topological polar surface area (TPSA) is 89.5 Å². The molecule has 13 heteroatoms. The molecule has 0 aliphatic rings. The van der Waals surface area contributed by atoms with E-state index in [-0.39, 0.29) is 5.56 Å². The Kier molecular flexibility index (Phi) is 7.98. The molecule has 0 aromatic heterocycles. The summed E-state index contributed by atoms with van der Waals surface area (Å²) in [5.41, 5.74) is -5.34. The van der Waals surface area contributed by atoms with Gasteiger partial charge in [0.15, 0.2) is 0 Å². The summed E-state index contributed by atoms with van der Waals surface area (Å²) in [6.07, 6.45) is -0.724. The van der Waals surface area contributed by atoms with E-state index < -0.39 is 40.4 Å². The van der Waals surface area contributed by atoms with Crippen molar-refractivity contribution in [2.75, 3.05) is 6.61 Å². The second kappa shape index (κ2) is 8.65. The number of nitrogens with one attached hydrogen (secondary N) is 1. The maximum Gasteiger partial charge on any atom is 0.516 e. The van der Waals surface area contributed by atoms with Gasteiger partial charge < -0.3 is 4.74 Å². The minimum atomic E-state index is -5.76. The molecule has 6 nitrogen and oxygen atoms in total. The molecule has 0 radical (unpaired) electrons. The molecule has 1 amide bonds. The third-order valence-electron chi connectivity index (χ3n) is 2.33. The molecular weight excluding hydrogens is 696 g/mol. The summed E-state index contributed by atoms with van der Waals surface area (Å²) in [4.78, 5) is 23.1. The van der Waals surface area contributed by atoms with Crippen LogP contribution < -0.4 is 4.72 Å². The van der Waals surface area contributed by atoms with Crippen molar-refractivity contribution in [2.24, 2.45) is 0 Å². The van der Waals surface area contributed by atoms with E-state index in [0.29, 0.717) is 3.57 Å². The largest absolute Gasteiger partial charge is 0.516 e. The molecule has 0 atom stereocenters. The maximum absolute atomic E-state index is 12.1. The molecule has 0 heterocycles. The van der Waals surface area contributed by atoms with Crippen molar-refractivity contribution in [1.82, 2.24) is 4.72 Å². The second-order valence-electron chi connectivity index (χ2n) is 4.11. The fourth-order valence-electron chi connectivity index (χ4n) is 1.28. The number of rotatable bonds is 5. The number of amides is 1. The first kappa shape index (κ1) is 22.1. The first-order valence-corrected chi connectivity index (χ1v) is 10.5. The van der Waals surface area contributed by atoms with Crippen LogP contribution in [-0.4, -0.2) is 32.4 Å². The third kappa shape index (κ3) is 6.11. The van der Waals surface area contributed by atoms with Gasteiger partial charge >= 0.3 is 21.5 Å². The summed E-state index contributed by atoms with van der Waals surface area (Å²) in [5.74, 6) is -2.19. The van der Waals surface area contributed by atoms with Crippen LogP contribution in [0.3, 0.4) is 0 Å². The van der Waals surface area contributed by atoms with E-state index in [0.717, 1.165) is 11.9 Å². The van der Waals surface area contributed by atoms with E-state index in [4.69, 9.17) is 4.74 Å². The summed E-state index contributed by atoms with van der Waals surface area (Å²) in [6.45, 7) is -0.559. The van der Waals surface area contributed by atoms with Crippen molar-refractivity contribution in [3.05, 3.63) is 28.4 Å². The Morgan fingerprint density at radius 1 is 1.17 bits per heavy atom. The molecule has 0 unspecified atom stereocenters. The number of benzene rings is 1. The zero-order chi connectivity index (χ0) is 18.7. The lowest BCUT2D eigenvalue weighted by atomic mass is 10.2. The Morgan fingerprint density at radius 3 is 2.29 bits per heavy atom. The Morgan fingerprint density at radius 2 is 1.75 bits per heavy atom. The van der Waals surface area contributed by atoms with Gasteiger partial charge in [-0.15, -0.1) is 0 Å². The fourth-order valence-corrected chi connectivity index (χ4v) is 4.17. The summed E-state index contributed by atoms with van der Waals surface area (Å²) in [5, 5.41) is 0. The first-order chi connectivity index (χ1) is 10.8. The number of esters is 1. The Labute approximate surface area is 175 Å². The van der Waals surface area contributed by atoms with Crippen molar-refractivity contribution in [3.63, 3.8) is 0 Å². The lowest BCUT2D eigenvalue weighted by Crippen LogP contribution is -2.40. The van der Waals surface area contributed by atoms with E-state index >= 15 is 0 Å². The summed E-state index contributed by atoms with van der Waals surface area (Å²) in [7, 11) is -5.76. The van der Waals surface area contributed by atoms with Crippen molar-refractivity contribution < 1.29 is 35.9 Å². The number of sulfonamides is 1. The van der Waals surface area contributed by atoms with E-state index in [1.54, 1.807) is 6.07 Å². The van der Waals surface area contributed by atoms with Crippen molar-refractivity contribution in [3.8, 4) is 0 Å². The molecule has 0 saturated carbocycles. The van der Waals surface area contributed by atoms with Gasteiger partial charge in [0.05, 0.1) is 12.0 Å². The molecule has 1 rings (SSSR count). The van der Waals surface area contributed by atoms with Crippen LogP contribution in [0.1, 0.15) is 16.8 Å². The molecule has 24 heavy (non-hydrogen) atoms. The highest BCUT2D eigenvalue weighted by molar-refractivity contribution is 14.1. The van der Waals surface area contributed by atoms with Crippen LogP contribution in [0.2, 0.25) is 0 Å². The van der Waals surface area contributed by atoms with Crippen LogP contribution in [0, 0.1) is 10.7 Å². The molecule has 0 bridgehead atoms. The molecule has 134 valence electrons. The monoisotopic (exact) mass is 703 g/mol. The average molecular weight is 703 g/mol. The molecule has 0 spiro atoms. The fraction of sp³-hybridized carbons (Fsp3) is 0.273. The van der Waals surface area contributed by atoms with Crippen LogP contribution in [-0.2, 0) is 19.6 Å². The number of alkyl halides is 3. The number of carbonyl (C=O) groups excluding carboxylic acids is 2. The van der Waals surface area contributed by atoms with Crippen molar-refractivity contribution >= 4 is 89.7 Å². The van der Waals surface area contributed by atoms with Crippen LogP contribution in [0.5, 0.6) is 0 Å². The maximum atomic E-state index is 12.1. The van der Waals surface area contributed by atoms with Crippen LogP contribution in [0.25, 0.3) is 0 Å². The molecule has 1 aromatic rings. The molecule has 0 fully saturated rings. The van der Waals surface area contributed by atoms with Gasteiger partial charge in [0.2, 0.25) is 5.91 Å². The van der Waals surface area contributed by atoms with Gasteiger partial charge in [-0.3, -0.25) is 4.79 Å². The Bertz CT molecular complexity index is 767. The first-order valence-electron chi connectivity index (χ1n) is 5.78. The number of carbonyl (C=O) groups is 2. The zero-order valence-electron chi connectivity index (χ0n) is 11.3. The third-order valence-corrected chi connectivity index (χ3v) is 7.10. The lowest BCUT2D eigenvalue weighted by molar-refractivity contribution is -0.120. The molecular formula is C11H7F3I3NO5S. The van der Waals surface area contributed by atoms with E-state index in [2.05, 4.69) is 0 Å². The number of hydrogen-bond acceptors (Lipinski definition) is 5. The number of ether oxygens (including phenoxy) is 1. The Balaban J connectivity index is 2.63. The van der Waals surface area contributed by atoms with Gasteiger partial charge in [0.25, 0.3) is 0 Å². The molecule has 1 N–H and O–H groups in total. The molecule has 1 aromatic carbocycles. The lowest BCUT2D eigenvalue weighted by Gasteiger charge is -2.10. The van der Waals surface area contributed by atoms with E-state index in [1.165, 1.54) is 0 Å². The van der Waals surface area contributed by atoms with Crippen molar-refractivity contribution in [2.45, 2.75) is 11.9 Å². The normalized spacial score (nSPS) is 11.9. The highest BCUT2D eigenvalue weighted by Gasteiger charge is 2.46. The van der Waals surface area contributed by atoms with E-state index in [9.17, 15) is 31.2 Å². The summed E-state index contributed by atoms with van der Waals surface area (Å²) < 4.78 is 65.6. The minimum absolute atomic E-state index is 0.246. The molecule has 0 aliphatic carbocycles. The SMILES string of the molecule is O=C(CCOC(=O)c1cc(I)cc(I)c1I)NS(=O)(=O)C(F)(F)F. The smallest absolute Gasteiger partial charge is 0.462 e. The highest BCUT2D eigenvalue weighted by atomic mass is 127. The summed E-state index contributed by atoms with van der Waals surface area (Å²) in [6, 6.07) is 3.39. The van der Waals surface area contributed by atoms with E-state index in [1.807, 2.05) is 73.8 Å². The van der Waals surface area contributed by atoms with Crippen LogP contribution in [0.15, 0.2) is 12.1 Å². The van der Waals surface area contributed by atoms with Gasteiger partial charge in [0.1, 0.15) is 6.61 Å². The average Bonchev–Trinajstić information content (AvgIpc) is 2.40. The predicted molar refractivity (Wildman–Crippen MR) is 103 cm³/mol. The minimum Gasteiger partial charge on any atom is -0.462 e. The van der Waals surface area contributed by atoms with Crippen LogP contribution >= 0.6 is 67.8 Å². The Hall–Kier alpha value is 0.0900. The van der Waals surface area contributed by atoms with Gasteiger partial charge in [-0.1, -0.05) is 0 Å². The number of hydrogen-bond donors (Lipinski definition) is 1. The number of halogens is 6. The molecule has 0 saturated heterocycles. The van der Waals surface area contributed by atoms with Crippen LogP contribution in [0.4, 0.5) is 13.2 Å². The predicted octanol–water partition coefficient (Wildman–Crippen LogP) is 3.01. The van der Waals surface area contributed by atoms with Gasteiger partial charge in [-0.2, -0.15) is 21.6 Å². The van der Waals surface area contributed by atoms with Gasteiger partial charge in [0, 0.05) is 10.7 Å². The highest BCUT2D eigenvalue weighted by Crippen LogP contribution is 2.24. The van der Waals surface area contributed by atoms with Crippen molar-refractivity contribution in [1.29, 1.82) is 0 Å². The quantitative estimate of drug-likeness (QED) is 0.290. The second-order valence-corrected chi connectivity index (χ2v) is 9.27. The standard InChI is InChI=1S/C11H7F3I3NO5S/c12-11(13,14)24(21,22)18-8(19)1-2-23-10(20)6-3-5(15)4-7(16)9(6)17/h3-4H,1-2H2,(H,18,19).